The molecule has 0 saturated carbocycles. The van der Waals surface area contributed by atoms with Crippen LogP contribution in [0.5, 0.6) is 0 Å². The van der Waals surface area contributed by atoms with Crippen molar-refractivity contribution in [3.05, 3.63) is 0 Å². The van der Waals surface area contributed by atoms with E-state index in [4.69, 9.17) is 17.0 Å². The SMILES string of the molecule is OCCO.[O]=[Mo]=[O]. The van der Waals surface area contributed by atoms with Crippen molar-refractivity contribution in [1.29, 1.82) is 0 Å². The van der Waals surface area contributed by atoms with Gasteiger partial charge in [-0.2, -0.15) is 0 Å². The Morgan fingerprint density at radius 2 is 1.29 bits per heavy atom. The molecule has 0 aromatic rings. The van der Waals surface area contributed by atoms with Crippen molar-refractivity contribution < 1.29 is 35.5 Å². The first-order valence-corrected chi connectivity index (χ1v) is 3.10. The van der Waals surface area contributed by atoms with Crippen molar-refractivity contribution in [3.63, 3.8) is 0 Å². The monoisotopic (exact) mass is 192 g/mol. The van der Waals surface area contributed by atoms with Crippen LogP contribution in [0.15, 0.2) is 0 Å². The predicted octanol–water partition coefficient (Wildman–Crippen LogP) is -1.27. The molecule has 0 spiro atoms. The molecule has 44 valence electrons. The number of rotatable bonds is 1. The fraction of sp³-hybridized carbons (Fsp3) is 1.00. The van der Waals surface area contributed by atoms with Crippen molar-refractivity contribution in [1.82, 2.24) is 0 Å². The van der Waals surface area contributed by atoms with Gasteiger partial charge in [-0.3, -0.25) is 0 Å². The van der Waals surface area contributed by atoms with Crippen LogP contribution in [0.1, 0.15) is 0 Å². The summed E-state index contributed by atoms with van der Waals surface area (Å²) in [5.74, 6) is 0. The van der Waals surface area contributed by atoms with E-state index < -0.39 is 18.5 Å². The van der Waals surface area contributed by atoms with E-state index in [1.807, 2.05) is 0 Å². The first kappa shape index (κ1) is 10.2. The Morgan fingerprint density at radius 3 is 1.29 bits per heavy atom. The summed E-state index contributed by atoms with van der Waals surface area (Å²) in [4.78, 5) is 0. The van der Waals surface area contributed by atoms with Crippen molar-refractivity contribution in [2.45, 2.75) is 0 Å². The maximum absolute atomic E-state index is 8.50. The van der Waals surface area contributed by atoms with E-state index in [0.29, 0.717) is 0 Å². The van der Waals surface area contributed by atoms with Gasteiger partial charge in [0.05, 0.1) is 13.2 Å². The molecule has 0 aromatic carbocycles. The third-order valence-electron chi connectivity index (χ3n) is 0.1000. The topological polar surface area (TPSA) is 74.6 Å². The molecule has 0 radical (unpaired) electrons. The van der Waals surface area contributed by atoms with Crippen LogP contribution in [0.4, 0.5) is 0 Å². The fourth-order valence-electron chi connectivity index (χ4n) is 0. The summed E-state index contributed by atoms with van der Waals surface area (Å²) in [7, 11) is 0. The molecule has 0 aliphatic carbocycles. The molecule has 0 fully saturated rings. The van der Waals surface area contributed by atoms with E-state index in [2.05, 4.69) is 0 Å². The van der Waals surface area contributed by atoms with Gasteiger partial charge in [-0.15, -0.1) is 0 Å². The standard InChI is InChI=1S/C2H6O2.Mo.2O/c3-1-2-4;;;/h3-4H,1-2H2;;;. The minimum atomic E-state index is -2.03. The van der Waals surface area contributed by atoms with Gasteiger partial charge >= 0.3 is 25.3 Å². The van der Waals surface area contributed by atoms with E-state index >= 15 is 0 Å². The summed E-state index contributed by atoms with van der Waals surface area (Å²) < 4.78 is 17.0. The first-order valence-electron chi connectivity index (χ1n) is 1.47. The van der Waals surface area contributed by atoms with Crippen molar-refractivity contribution in [2.24, 2.45) is 0 Å². The van der Waals surface area contributed by atoms with Crippen molar-refractivity contribution in [3.8, 4) is 0 Å². The molecule has 0 atom stereocenters. The summed E-state index contributed by atoms with van der Waals surface area (Å²) in [6.45, 7) is -0.250. The van der Waals surface area contributed by atoms with E-state index in [0.717, 1.165) is 0 Å². The van der Waals surface area contributed by atoms with Gasteiger partial charge in [0.1, 0.15) is 0 Å². The third-order valence-corrected chi connectivity index (χ3v) is 0.1000. The Balaban J connectivity index is 0. The Hall–Kier alpha value is 0.208. The molecule has 5 heteroatoms. The summed E-state index contributed by atoms with van der Waals surface area (Å²) >= 11 is -2.03. The average Bonchev–Trinajstić information content (AvgIpc) is 1.69. The molecule has 4 nitrogen and oxygen atoms in total. The van der Waals surface area contributed by atoms with Gasteiger partial charge in [0.15, 0.2) is 0 Å². The molecule has 0 aliphatic heterocycles. The van der Waals surface area contributed by atoms with E-state index in [1.54, 1.807) is 0 Å². The normalized spacial score (nSPS) is 6.00. The van der Waals surface area contributed by atoms with Crippen LogP contribution in [-0.2, 0) is 25.3 Å². The Kier molecular flexibility index (Phi) is 23.9. The second kappa shape index (κ2) is 16.4. The molecule has 0 bridgehead atoms. The minimum absolute atomic E-state index is 0.125. The van der Waals surface area contributed by atoms with Crippen molar-refractivity contribution >= 4 is 0 Å². The number of aliphatic hydroxyl groups is 2. The molecular weight excluding hydrogens is 184 g/mol. The molecule has 0 saturated heterocycles. The first-order chi connectivity index (χ1) is 3.33. The zero-order valence-electron chi connectivity index (χ0n) is 3.53. The molecule has 0 aliphatic rings. The average molecular weight is 190 g/mol. The van der Waals surface area contributed by atoms with Crippen LogP contribution < -0.4 is 0 Å². The van der Waals surface area contributed by atoms with Crippen molar-refractivity contribution in [2.75, 3.05) is 13.2 Å². The summed E-state index contributed by atoms with van der Waals surface area (Å²) in [6, 6.07) is 0. The molecule has 0 amide bonds. The molecule has 0 aromatic heterocycles. The Bertz CT molecular complexity index is 45.7. The predicted molar refractivity (Wildman–Crippen MR) is 15.5 cm³/mol. The van der Waals surface area contributed by atoms with Gasteiger partial charge in [-0.1, -0.05) is 0 Å². The van der Waals surface area contributed by atoms with Gasteiger partial charge in [-0.25, -0.2) is 0 Å². The summed E-state index contributed by atoms with van der Waals surface area (Å²) in [5, 5.41) is 15.2. The van der Waals surface area contributed by atoms with Gasteiger partial charge in [0.2, 0.25) is 0 Å². The second-order valence-electron chi connectivity index (χ2n) is 0.515. The van der Waals surface area contributed by atoms with Crippen LogP contribution in [0.3, 0.4) is 0 Å². The van der Waals surface area contributed by atoms with Crippen LogP contribution in [0.2, 0.25) is 0 Å². The maximum atomic E-state index is 8.50. The fourth-order valence-corrected chi connectivity index (χ4v) is 0. The molecule has 0 heterocycles. The van der Waals surface area contributed by atoms with Crippen LogP contribution >= 0.6 is 0 Å². The summed E-state index contributed by atoms with van der Waals surface area (Å²) in [6.07, 6.45) is 0. The molecule has 0 unspecified atom stereocenters. The third kappa shape index (κ3) is 75.3. The van der Waals surface area contributed by atoms with Gasteiger partial charge in [0.25, 0.3) is 0 Å². The van der Waals surface area contributed by atoms with E-state index in [1.165, 1.54) is 0 Å². The number of hydrogen-bond acceptors (Lipinski definition) is 4. The number of hydrogen-bond donors (Lipinski definition) is 2. The van der Waals surface area contributed by atoms with Gasteiger partial charge in [0, 0.05) is 0 Å². The zero-order valence-corrected chi connectivity index (χ0v) is 5.54. The number of aliphatic hydroxyl groups excluding tert-OH is 2. The van der Waals surface area contributed by atoms with E-state index in [9.17, 15) is 0 Å². The molecular formula is C2H6MoO4. The van der Waals surface area contributed by atoms with Gasteiger partial charge < -0.3 is 10.2 Å². The Morgan fingerprint density at radius 1 is 1.14 bits per heavy atom. The quantitative estimate of drug-likeness (QED) is 0.505. The Labute approximate surface area is 49.3 Å². The zero-order chi connectivity index (χ0) is 6.12. The van der Waals surface area contributed by atoms with Gasteiger partial charge in [-0.05, 0) is 0 Å². The van der Waals surface area contributed by atoms with Crippen LogP contribution in [0, 0.1) is 0 Å². The summed E-state index contributed by atoms with van der Waals surface area (Å²) in [5.41, 5.74) is 0. The van der Waals surface area contributed by atoms with Crippen LogP contribution in [-0.4, -0.2) is 23.4 Å². The molecule has 2 N–H and O–H groups in total. The second-order valence-corrected chi connectivity index (χ2v) is 0.850. The molecule has 7 heavy (non-hydrogen) atoms. The molecule has 0 rings (SSSR count). The van der Waals surface area contributed by atoms with Crippen LogP contribution in [0.25, 0.3) is 0 Å². The van der Waals surface area contributed by atoms with E-state index in [-0.39, 0.29) is 13.2 Å².